The maximum Gasteiger partial charge on any atom is 0.331 e. The van der Waals surface area contributed by atoms with Crippen LogP contribution in [-0.2, 0) is 14.3 Å². The molecule has 0 saturated carbocycles. The molecular formula is C32H32N2O7. The van der Waals surface area contributed by atoms with E-state index in [1.54, 1.807) is 43.3 Å². The molecular weight excluding hydrogens is 524 g/mol. The highest BCUT2D eigenvalue weighted by Crippen LogP contribution is 2.23. The first kappa shape index (κ1) is 30.7. The Morgan fingerprint density at radius 2 is 1.49 bits per heavy atom. The first-order chi connectivity index (χ1) is 19.6. The van der Waals surface area contributed by atoms with E-state index in [0.29, 0.717) is 11.3 Å². The van der Waals surface area contributed by atoms with Gasteiger partial charge in [0.05, 0.1) is 13.2 Å². The Labute approximate surface area is 238 Å². The third-order valence-corrected chi connectivity index (χ3v) is 6.06. The van der Waals surface area contributed by atoms with E-state index in [-0.39, 0.29) is 36.7 Å². The molecule has 0 saturated heterocycles. The third-order valence-electron chi connectivity index (χ3n) is 6.06. The van der Waals surface area contributed by atoms with E-state index in [4.69, 9.17) is 15.2 Å². The molecule has 212 valence electrons. The number of hydrogen-bond donors (Lipinski definition) is 5. The second-order valence-corrected chi connectivity index (χ2v) is 9.70. The Hall–Kier alpha value is -4.80. The highest BCUT2D eigenvalue weighted by atomic mass is 16.5. The van der Waals surface area contributed by atoms with E-state index >= 15 is 0 Å². The lowest BCUT2D eigenvalue weighted by molar-refractivity contribution is -0.154. The molecule has 9 heteroatoms. The van der Waals surface area contributed by atoms with Crippen molar-refractivity contribution >= 4 is 17.6 Å². The number of nitrogens with one attached hydrogen (secondary N) is 1. The van der Waals surface area contributed by atoms with Gasteiger partial charge in [-0.2, -0.15) is 0 Å². The monoisotopic (exact) mass is 556 g/mol. The van der Waals surface area contributed by atoms with E-state index < -0.39 is 29.4 Å². The normalized spacial score (nSPS) is 13.3. The van der Waals surface area contributed by atoms with E-state index in [9.17, 15) is 24.9 Å². The number of phenolic OH excluding ortho intramolecular Hbond substituents is 1. The summed E-state index contributed by atoms with van der Waals surface area (Å²) in [5.74, 6) is 9.77. The Morgan fingerprint density at radius 1 is 0.927 bits per heavy atom. The fourth-order valence-electron chi connectivity index (χ4n) is 3.65. The molecule has 3 atom stereocenters. The number of hydrogen-bond acceptors (Lipinski definition) is 8. The summed E-state index contributed by atoms with van der Waals surface area (Å²) in [4.78, 5) is 26.1. The van der Waals surface area contributed by atoms with E-state index in [0.717, 1.165) is 5.56 Å². The number of rotatable bonds is 10. The van der Waals surface area contributed by atoms with Crippen molar-refractivity contribution in [2.24, 2.45) is 5.41 Å². The molecule has 0 aromatic heterocycles. The van der Waals surface area contributed by atoms with Gasteiger partial charge in [0.1, 0.15) is 18.5 Å². The zero-order valence-electron chi connectivity index (χ0n) is 22.8. The number of phenols is 1. The third kappa shape index (κ3) is 9.13. The van der Waals surface area contributed by atoms with Crippen LogP contribution in [0.4, 0.5) is 5.69 Å². The van der Waals surface area contributed by atoms with Crippen LogP contribution in [0.25, 0.3) is 0 Å². The van der Waals surface area contributed by atoms with Crippen LogP contribution in [0.5, 0.6) is 5.75 Å². The number of aliphatic hydroxyl groups is 2. The van der Waals surface area contributed by atoms with Crippen molar-refractivity contribution in [3.8, 4) is 29.4 Å². The number of aliphatic hydroxyl groups excluding tert-OH is 2. The smallest absolute Gasteiger partial charge is 0.331 e. The lowest BCUT2D eigenvalue weighted by Gasteiger charge is -2.28. The molecule has 0 aliphatic rings. The van der Waals surface area contributed by atoms with E-state index in [2.05, 4.69) is 29.0 Å². The van der Waals surface area contributed by atoms with Gasteiger partial charge in [0.25, 0.3) is 5.91 Å². The Morgan fingerprint density at radius 3 is 2.02 bits per heavy atom. The molecule has 0 fully saturated rings. The van der Waals surface area contributed by atoms with Crippen LogP contribution >= 0.6 is 0 Å². The zero-order chi connectivity index (χ0) is 29.8. The zero-order valence-corrected chi connectivity index (χ0v) is 22.8. The predicted molar refractivity (Wildman–Crippen MR) is 153 cm³/mol. The molecule has 0 heterocycles. The molecule has 1 unspecified atom stereocenters. The lowest BCUT2D eigenvalue weighted by Crippen LogP contribution is -2.47. The van der Waals surface area contributed by atoms with Crippen molar-refractivity contribution in [1.82, 2.24) is 5.32 Å². The quantitative estimate of drug-likeness (QED) is 0.145. The summed E-state index contributed by atoms with van der Waals surface area (Å²) in [5, 5.41) is 32.8. The van der Waals surface area contributed by atoms with Crippen LogP contribution in [0.3, 0.4) is 0 Å². The van der Waals surface area contributed by atoms with Crippen LogP contribution < -0.4 is 11.1 Å². The van der Waals surface area contributed by atoms with Crippen LogP contribution in [-0.4, -0.2) is 60.2 Å². The summed E-state index contributed by atoms with van der Waals surface area (Å²) in [6, 6.07) is 17.5. The van der Waals surface area contributed by atoms with Crippen molar-refractivity contribution in [2.45, 2.75) is 19.1 Å². The summed E-state index contributed by atoms with van der Waals surface area (Å²) in [7, 11) is 1.46. The average Bonchev–Trinajstić information content (AvgIpc) is 2.98. The number of ether oxygens (including phenoxy) is 2. The summed E-state index contributed by atoms with van der Waals surface area (Å²) in [6.07, 6.45) is -1.49. The molecule has 9 nitrogen and oxygen atoms in total. The minimum absolute atomic E-state index is 0.0261. The van der Waals surface area contributed by atoms with Gasteiger partial charge in [0, 0.05) is 34.9 Å². The maximum absolute atomic E-state index is 13.1. The van der Waals surface area contributed by atoms with Gasteiger partial charge >= 0.3 is 5.97 Å². The molecule has 0 aliphatic carbocycles. The molecule has 0 spiro atoms. The number of methoxy groups -OCH3 is 1. The Kier molecular flexibility index (Phi) is 10.9. The number of carbonyl (C=O) groups is 2. The molecule has 0 aliphatic heterocycles. The molecule has 3 rings (SSSR count). The fourth-order valence-corrected chi connectivity index (χ4v) is 3.65. The minimum Gasteiger partial charge on any atom is -0.508 e. The molecule has 0 radical (unpaired) electrons. The van der Waals surface area contributed by atoms with Gasteiger partial charge in [-0.05, 0) is 78.1 Å². The van der Waals surface area contributed by atoms with Crippen LogP contribution in [0, 0.1) is 29.1 Å². The van der Waals surface area contributed by atoms with Crippen LogP contribution in [0.2, 0.25) is 0 Å². The largest absolute Gasteiger partial charge is 0.508 e. The Bertz CT molecular complexity index is 1450. The second-order valence-electron chi connectivity index (χ2n) is 9.70. The average molecular weight is 557 g/mol. The number of aromatic hydroxyl groups is 1. The molecule has 0 bridgehead atoms. The van der Waals surface area contributed by atoms with Gasteiger partial charge in [-0.15, -0.1) is 0 Å². The minimum atomic E-state index is -1.49. The molecule has 3 aromatic rings. The van der Waals surface area contributed by atoms with Crippen molar-refractivity contribution in [3.05, 3.63) is 95.1 Å². The van der Waals surface area contributed by atoms with Gasteiger partial charge in [0.15, 0.2) is 6.04 Å². The van der Waals surface area contributed by atoms with Gasteiger partial charge < -0.3 is 35.8 Å². The Balaban J connectivity index is 1.74. The molecule has 41 heavy (non-hydrogen) atoms. The van der Waals surface area contributed by atoms with Gasteiger partial charge in [-0.25, -0.2) is 4.79 Å². The molecule has 3 aromatic carbocycles. The maximum atomic E-state index is 13.1. The SMILES string of the molecule is COCC(C)(CO)COC(=O)[C@@H](NC(=O)c1ccc(C#CC#Cc2ccc(N)cc2)cc1)[C@H](O)c1ccc(O)cc1. The number of carbonyl (C=O) groups excluding carboxylic acids is 2. The van der Waals surface area contributed by atoms with Crippen LogP contribution in [0.1, 0.15) is 40.1 Å². The molecule has 6 N–H and O–H groups in total. The number of nitrogens with two attached hydrogens (primary N) is 1. The van der Waals surface area contributed by atoms with Crippen molar-refractivity contribution in [1.29, 1.82) is 0 Å². The number of nitrogen functional groups attached to an aromatic ring is 1. The summed E-state index contributed by atoms with van der Waals surface area (Å²) in [6.45, 7) is 1.27. The van der Waals surface area contributed by atoms with E-state index in [1.807, 2.05) is 0 Å². The summed E-state index contributed by atoms with van der Waals surface area (Å²) in [5.41, 5.74) is 7.33. The fraction of sp³-hybridized carbons (Fsp3) is 0.250. The van der Waals surface area contributed by atoms with Crippen molar-refractivity contribution < 1.29 is 34.4 Å². The first-order valence-electron chi connectivity index (χ1n) is 12.7. The number of anilines is 1. The lowest BCUT2D eigenvalue weighted by atomic mass is 9.94. The van der Waals surface area contributed by atoms with Gasteiger partial charge in [-0.1, -0.05) is 30.9 Å². The number of amides is 1. The summed E-state index contributed by atoms with van der Waals surface area (Å²) < 4.78 is 10.5. The predicted octanol–water partition coefficient (Wildman–Crippen LogP) is 2.40. The van der Waals surface area contributed by atoms with Crippen LogP contribution in [0.15, 0.2) is 72.8 Å². The topological polar surface area (TPSA) is 151 Å². The van der Waals surface area contributed by atoms with Gasteiger partial charge in [-0.3, -0.25) is 4.79 Å². The first-order valence-corrected chi connectivity index (χ1v) is 12.7. The van der Waals surface area contributed by atoms with E-state index in [1.165, 1.54) is 43.5 Å². The number of benzene rings is 3. The second kappa shape index (κ2) is 14.5. The van der Waals surface area contributed by atoms with Gasteiger partial charge in [0.2, 0.25) is 0 Å². The summed E-state index contributed by atoms with van der Waals surface area (Å²) >= 11 is 0. The van der Waals surface area contributed by atoms with Crippen molar-refractivity contribution in [3.63, 3.8) is 0 Å². The van der Waals surface area contributed by atoms with Crippen molar-refractivity contribution in [2.75, 3.05) is 32.7 Å². The highest BCUT2D eigenvalue weighted by molar-refractivity contribution is 5.97. The number of esters is 1. The standard InChI is InChI=1S/C32H32N2O7/c1-32(19-35,20-40-2)21-41-31(39)28(29(37)24-13-17-27(36)18-14-24)34-30(38)25-11-7-22(8-12-25)5-3-4-6-23-9-15-26(33)16-10-23/h7-18,28-29,35-37H,19-21,33H2,1-2H3,(H,34,38)/t28-,29+,32?/m0/s1. The molecule has 1 amide bonds. The highest BCUT2D eigenvalue weighted by Gasteiger charge is 2.34.